The van der Waals surface area contributed by atoms with Gasteiger partial charge in [-0.25, -0.2) is 0 Å². The molecular weight excluding hydrogens is 246 g/mol. The molecule has 0 saturated carbocycles. The molecule has 4 heteroatoms. The SMILES string of the molecule is N#Cc1c(Br)ccc2c1OCCCO2. The Morgan fingerprint density at radius 3 is 2.86 bits per heavy atom. The summed E-state index contributed by atoms with van der Waals surface area (Å²) in [6.45, 7) is 1.23. The Morgan fingerprint density at radius 2 is 2.07 bits per heavy atom. The molecule has 72 valence electrons. The third-order valence-electron chi connectivity index (χ3n) is 1.98. The van der Waals surface area contributed by atoms with E-state index in [9.17, 15) is 0 Å². The number of hydrogen-bond donors (Lipinski definition) is 0. The Balaban J connectivity index is 2.55. The number of hydrogen-bond acceptors (Lipinski definition) is 3. The van der Waals surface area contributed by atoms with Crippen LogP contribution in [0.2, 0.25) is 0 Å². The number of nitrogens with zero attached hydrogens (tertiary/aromatic N) is 1. The van der Waals surface area contributed by atoms with Crippen LogP contribution in [0.15, 0.2) is 16.6 Å². The van der Waals surface area contributed by atoms with Gasteiger partial charge in [0.25, 0.3) is 0 Å². The summed E-state index contributed by atoms with van der Waals surface area (Å²) in [5, 5.41) is 8.95. The number of fused-ring (bicyclic) bond motifs is 1. The van der Waals surface area contributed by atoms with Gasteiger partial charge >= 0.3 is 0 Å². The monoisotopic (exact) mass is 253 g/mol. The van der Waals surface area contributed by atoms with E-state index in [1.807, 2.05) is 6.07 Å². The highest BCUT2D eigenvalue weighted by Gasteiger charge is 2.16. The van der Waals surface area contributed by atoms with Gasteiger partial charge in [0.1, 0.15) is 11.6 Å². The first-order valence-corrected chi connectivity index (χ1v) is 5.10. The van der Waals surface area contributed by atoms with Crippen LogP contribution in [-0.2, 0) is 0 Å². The van der Waals surface area contributed by atoms with E-state index >= 15 is 0 Å². The van der Waals surface area contributed by atoms with Crippen LogP contribution in [0.1, 0.15) is 12.0 Å². The van der Waals surface area contributed by atoms with Gasteiger partial charge in [-0.3, -0.25) is 0 Å². The van der Waals surface area contributed by atoms with Crippen molar-refractivity contribution >= 4 is 15.9 Å². The van der Waals surface area contributed by atoms with Crippen molar-refractivity contribution in [2.75, 3.05) is 13.2 Å². The van der Waals surface area contributed by atoms with Gasteiger partial charge in [0.15, 0.2) is 11.5 Å². The second-order valence-electron chi connectivity index (χ2n) is 2.91. The quantitative estimate of drug-likeness (QED) is 0.714. The van der Waals surface area contributed by atoms with E-state index < -0.39 is 0 Å². The van der Waals surface area contributed by atoms with E-state index in [0.717, 1.165) is 10.9 Å². The van der Waals surface area contributed by atoms with Crippen LogP contribution in [0, 0.1) is 11.3 Å². The van der Waals surface area contributed by atoms with Gasteiger partial charge in [-0.1, -0.05) is 0 Å². The van der Waals surface area contributed by atoms with Gasteiger partial charge in [0.2, 0.25) is 0 Å². The molecule has 14 heavy (non-hydrogen) atoms. The molecule has 1 aromatic carbocycles. The van der Waals surface area contributed by atoms with Crippen molar-refractivity contribution in [3.8, 4) is 17.6 Å². The fourth-order valence-corrected chi connectivity index (χ4v) is 1.72. The molecule has 0 atom stereocenters. The maximum atomic E-state index is 8.95. The Kier molecular flexibility index (Phi) is 2.60. The predicted molar refractivity (Wildman–Crippen MR) is 54.5 cm³/mol. The van der Waals surface area contributed by atoms with E-state index in [4.69, 9.17) is 14.7 Å². The first-order chi connectivity index (χ1) is 6.83. The molecule has 0 saturated heterocycles. The second-order valence-corrected chi connectivity index (χ2v) is 3.77. The summed E-state index contributed by atoms with van der Waals surface area (Å²) in [4.78, 5) is 0. The molecule has 0 bridgehead atoms. The minimum atomic E-state index is 0.504. The third kappa shape index (κ3) is 1.55. The zero-order chi connectivity index (χ0) is 9.97. The third-order valence-corrected chi connectivity index (χ3v) is 2.64. The maximum Gasteiger partial charge on any atom is 0.180 e. The van der Waals surface area contributed by atoms with Crippen molar-refractivity contribution in [1.82, 2.24) is 0 Å². The van der Waals surface area contributed by atoms with E-state index in [0.29, 0.717) is 30.3 Å². The minimum absolute atomic E-state index is 0.504. The van der Waals surface area contributed by atoms with Crippen molar-refractivity contribution < 1.29 is 9.47 Å². The van der Waals surface area contributed by atoms with Crippen LogP contribution in [0.4, 0.5) is 0 Å². The fraction of sp³-hybridized carbons (Fsp3) is 0.300. The summed E-state index contributed by atoms with van der Waals surface area (Å²) in [5.41, 5.74) is 0.504. The number of benzene rings is 1. The minimum Gasteiger partial charge on any atom is -0.490 e. The molecule has 1 aromatic rings. The van der Waals surface area contributed by atoms with Crippen LogP contribution in [0.3, 0.4) is 0 Å². The average Bonchev–Trinajstić information content (AvgIpc) is 2.42. The van der Waals surface area contributed by atoms with E-state index in [1.54, 1.807) is 6.07 Å². The number of halogens is 1. The summed E-state index contributed by atoms with van der Waals surface area (Å²) in [6, 6.07) is 5.71. The molecule has 0 unspecified atom stereocenters. The number of nitriles is 1. The van der Waals surface area contributed by atoms with Crippen LogP contribution in [-0.4, -0.2) is 13.2 Å². The van der Waals surface area contributed by atoms with Crippen LogP contribution < -0.4 is 9.47 Å². The lowest BCUT2D eigenvalue weighted by atomic mass is 10.2. The predicted octanol–water partition coefficient (Wildman–Crippen LogP) is 2.48. The van der Waals surface area contributed by atoms with Crippen LogP contribution in [0.5, 0.6) is 11.5 Å². The molecule has 1 heterocycles. The van der Waals surface area contributed by atoms with Crippen molar-refractivity contribution in [2.45, 2.75) is 6.42 Å². The maximum absolute atomic E-state index is 8.95. The van der Waals surface area contributed by atoms with Gasteiger partial charge in [0.05, 0.1) is 13.2 Å². The van der Waals surface area contributed by atoms with Gasteiger partial charge in [0, 0.05) is 10.9 Å². The number of ether oxygens (including phenoxy) is 2. The van der Waals surface area contributed by atoms with Crippen molar-refractivity contribution in [2.24, 2.45) is 0 Å². The van der Waals surface area contributed by atoms with Gasteiger partial charge < -0.3 is 9.47 Å². The molecule has 0 radical (unpaired) electrons. The topological polar surface area (TPSA) is 42.2 Å². The van der Waals surface area contributed by atoms with Crippen LogP contribution in [0.25, 0.3) is 0 Å². The summed E-state index contributed by atoms with van der Waals surface area (Å²) in [7, 11) is 0. The molecule has 0 fully saturated rings. The first kappa shape index (κ1) is 9.35. The van der Waals surface area contributed by atoms with Crippen molar-refractivity contribution in [1.29, 1.82) is 5.26 Å². The summed E-state index contributed by atoms with van der Waals surface area (Å²) in [5.74, 6) is 1.21. The zero-order valence-electron chi connectivity index (χ0n) is 7.42. The van der Waals surface area contributed by atoms with E-state index in [2.05, 4.69) is 22.0 Å². The molecule has 2 rings (SSSR count). The lowest BCUT2D eigenvalue weighted by molar-refractivity contribution is 0.296. The zero-order valence-corrected chi connectivity index (χ0v) is 9.00. The molecule has 0 N–H and O–H groups in total. The molecule has 1 aliphatic rings. The summed E-state index contributed by atoms with van der Waals surface area (Å²) in [6.07, 6.45) is 0.844. The Bertz CT molecular complexity index is 398. The van der Waals surface area contributed by atoms with E-state index in [-0.39, 0.29) is 0 Å². The molecule has 0 amide bonds. The lowest BCUT2D eigenvalue weighted by Gasteiger charge is -2.09. The molecule has 3 nitrogen and oxygen atoms in total. The second kappa shape index (κ2) is 3.89. The van der Waals surface area contributed by atoms with Gasteiger partial charge in [-0.2, -0.15) is 5.26 Å². The summed E-state index contributed by atoms with van der Waals surface area (Å²) < 4.78 is 11.7. The lowest BCUT2D eigenvalue weighted by Crippen LogP contribution is -1.98. The van der Waals surface area contributed by atoms with Crippen LogP contribution >= 0.6 is 15.9 Å². The van der Waals surface area contributed by atoms with Gasteiger partial charge in [-0.05, 0) is 28.1 Å². The largest absolute Gasteiger partial charge is 0.490 e. The Labute approximate surface area is 90.4 Å². The highest BCUT2D eigenvalue weighted by atomic mass is 79.9. The molecular formula is C10H8BrNO2. The average molecular weight is 254 g/mol. The number of rotatable bonds is 0. The van der Waals surface area contributed by atoms with E-state index in [1.165, 1.54) is 0 Å². The molecule has 0 spiro atoms. The van der Waals surface area contributed by atoms with Crippen molar-refractivity contribution in [3.05, 3.63) is 22.2 Å². The van der Waals surface area contributed by atoms with Gasteiger partial charge in [-0.15, -0.1) is 0 Å². The molecule has 0 aliphatic carbocycles. The highest BCUT2D eigenvalue weighted by Crippen LogP contribution is 2.36. The summed E-state index contributed by atoms with van der Waals surface area (Å²) >= 11 is 3.30. The Morgan fingerprint density at radius 1 is 1.29 bits per heavy atom. The molecule has 1 aliphatic heterocycles. The van der Waals surface area contributed by atoms with Crippen molar-refractivity contribution in [3.63, 3.8) is 0 Å². The Hall–Kier alpha value is -1.21. The smallest absolute Gasteiger partial charge is 0.180 e. The normalized spacial score (nSPS) is 14.3. The standard InChI is InChI=1S/C10H8BrNO2/c11-8-2-3-9-10(7(8)6-12)14-5-1-4-13-9/h2-3H,1,4-5H2. The first-order valence-electron chi connectivity index (χ1n) is 4.31. The molecule has 0 aromatic heterocycles. The highest BCUT2D eigenvalue weighted by molar-refractivity contribution is 9.10. The fourth-order valence-electron chi connectivity index (χ4n) is 1.32.